The quantitative estimate of drug-likeness (QED) is 0.248. The molecule has 45 heavy (non-hydrogen) atoms. The van der Waals surface area contributed by atoms with E-state index in [0.29, 0.717) is 17.2 Å². The molecule has 0 amide bonds. The minimum absolute atomic E-state index is 0.0289. The van der Waals surface area contributed by atoms with Crippen LogP contribution in [0.2, 0.25) is 0 Å². The normalized spacial score (nSPS) is 18.9. The number of methoxy groups -OCH3 is 3. The molecule has 7 rings (SSSR count). The van der Waals surface area contributed by atoms with Crippen LogP contribution in [0.25, 0.3) is 11.1 Å². The number of phenols is 2. The summed E-state index contributed by atoms with van der Waals surface area (Å²) in [7, 11) is 9.22. The molecule has 3 aliphatic rings. The van der Waals surface area contributed by atoms with Gasteiger partial charge in [-0.1, -0.05) is 12.1 Å². The molecule has 4 aromatic rings. The Morgan fingerprint density at radius 2 is 1.38 bits per heavy atom. The first kappa shape index (κ1) is 29.3. The van der Waals surface area contributed by atoms with Crippen molar-refractivity contribution >= 4 is 0 Å². The monoisotopic (exact) mass is 608 g/mol. The van der Waals surface area contributed by atoms with Crippen molar-refractivity contribution in [3.63, 3.8) is 0 Å². The van der Waals surface area contributed by atoms with Crippen LogP contribution in [-0.2, 0) is 25.7 Å². The molecule has 0 spiro atoms. The molecule has 0 fully saturated rings. The van der Waals surface area contributed by atoms with Crippen molar-refractivity contribution in [3.05, 3.63) is 88.0 Å². The maximum absolute atomic E-state index is 11.2. The zero-order valence-corrected chi connectivity index (χ0v) is 26.5. The lowest BCUT2D eigenvalue weighted by molar-refractivity contribution is 0.226. The van der Waals surface area contributed by atoms with E-state index in [2.05, 4.69) is 48.2 Å². The topological polar surface area (TPSA) is 83.9 Å². The van der Waals surface area contributed by atoms with Crippen molar-refractivity contribution in [1.29, 1.82) is 0 Å². The number of fused-ring (bicyclic) bond motifs is 3. The molecular formula is C37H40N2O6. The first-order chi connectivity index (χ1) is 21.8. The molecule has 0 radical (unpaired) electrons. The van der Waals surface area contributed by atoms with Crippen molar-refractivity contribution in [2.45, 2.75) is 37.8 Å². The summed E-state index contributed by atoms with van der Waals surface area (Å²) < 4.78 is 22.9. The van der Waals surface area contributed by atoms with Crippen molar-refractivity contribution < 1.29 is 29.2 Å². The Hall–Kier alpha value is -4.40. The molecule has 0 unspecified atom stereocenters. The summed E-state index contributed by atoms with van der Waals surface area (Å²) in [5.74, 6) is 3.16. The molecule has 4 aromatic carbocycles. The van der Waals surface area contributed by atoms with Gasteiger partial charge in [-0.25, -0.2) is 0 Å². The Morgan fingerprint density at radius 1 is 0.733 bits per heavy atom. The summed E-state index contributed by atoms with van der Waals surface area (Å²) in [6.45, 7) is 1.90. The van der Waals surface area contributed by atoms with E-state index in [1.807, 2.05) is 24.3 Å². The van der Waals surface area contributed by atoms with Gasteiger partial charge in [0.15, 0.2) is 34.5 Å². The fourth-order valence-electron chi connectivity index (χ4n) is 7.43. The Kier molecular flexibility index (Phi) is 7.50. The Bertz CT molecular complexity index is 1770. The highest BCUT2D eigenvalue weighted by Gasteiger charge is 2.36. The number of rotatable bonds is 7. The van der Waals surface area contributed by atoms with E-state index < -0.39 is 0 Å². The van der Waals surface area contributed by atoms with Gasteiger partial charge in [-0.15, -0.1) is 0 Å². The molecule has 2 N–H and O–H groups in total. The fourth-order valence-corrected chi connectivity index (χ4v) is 7.43. The zero-order valence-electron chi connectivity index (χ0n) is 26.5. The van der Waals surface area contributed by atoms with Gasteiger partial charge in [0, 0.05) is 30.7 Å². The van der Waals surface area contributed by atoms with E-state index in [4.69, 9.17) is 18.9 Å². The maximum atomic E-state index is 11.2. The zero-order chi connectivity index (χ0) is 31.4. The van der Waals surface area contributed by atoms with Gasteiger partial charge in [-0.05, 0) is 121 Å². The number of hydrogen-bond acceptors (Lipinski definition) is 8. The van der Waals surface area contributed by atoms with Gasteiger partial charge in [-0.3, -0.25) is 9.80 Å². The fraction of sp³-hybridized carbons (Fsp3) is 0.351. The molecule has 234 valence electrons. The second-order valence-electron chi connectivity index (χ2n) is 12.4. The SMILES string of the molecule is COc1cc2c(cc1OC)[C@@H](Cc1ccc(Oc3cc4c(cc3O)-c3c(O)c(OC)cc5c3[C@H](C4)N(C)CC5)cc1)N(C)CC2. The number of hydrogen-bond donors (Lipinski definition) is 2. The first-order valence-corrected chi connectivity index (χ1v) is 15.5. The molecule has 2 heterocycles. The van der Waals surface area contributed by atoms with Crippen LogP contribution in [0.5, 0.6) is 40.2 Å². The Labute approximate surface area is 264 Å². The predicted octanol–water partition coefficient (Wildman–Crippen LogP) is 6.44. The second-order valence-corrected chi connectivity index (χ2v) is 12.4. The van der Waals surface area contributed by atoms with Crippen molar-refractivity contribution in [2.75, 3.05) is 48.5 Å². The average Bonchev–Trinajstić information content (AvgIpc) is 3.05. The Morgan fingerprint density at radius 3 is 2.11 bits per heavy atom. The van der Waals surface area contributed by atoms with Crippen LogP contribution in [0.1, 0.15) is 45.5 Å². The number of phenolic OH excluding ortho intramolecular Hbond substituents is 2. The number of benzene rings is 4. The van der Waals surface area contributed by atoms with E-state index >= 15 is 0 Å². The van der Waals surface area contributed by atoms with Crippen LogP contribution >= 0.6 is 0 Å². The molecule has 0 aromatic heterocycles. The minimum Gasteiger partial charge on any atom is -0.504 e. The lowest BCUT2D eigenvalue weighted by Crippen LogP contribution is -2.35. The number of nitrogens with zero attached hydrogens (tertiary/aromatic N) is 2. The number of aromatic hydroxyl groups is 2. The molecule has 2 aliphatic heterocycles. The van der Waals surface area contributed by atoms with Gasteiger partial charge in [0.05, 0.1) is 21.3 Å². The van der Waals surface area contributed by atoms with E-state index in [1.165, 1.54) is 22.3 Å². The highest BCUT2D eigenvalue weighted by Crippen LogP contribution is 2.53. The second kappa shape index (κ2) is 11.5. The lowest BCUT2D eigenvalue weighted by Gasteiger charge is -2.40. The largest absolute Gasteiger partial charge is 0.504 e. The summed E-state index contributed by atoms with van der Waals surface area (Å²) in [6.07, 6.45) is 3.46. The molecule has 2 atom stereocenters. The smallest absolute Gasteiger partial charge is 0.169 e. The molecule has 1 aliphatic carbocycles. The first-order valence-electron chi connectivity index (χ1n) is 15.5. The average molecular weight is 609 g/mol. The molecular weight excluding hydrogens is 568 g/mol. The lowest BCUT2D eigenvalue weighted by atomic mass is 9.76. The third kappa shape index (κ3) is 5.02. The summed E-state index contributed by atoms with van der Waals surface area (Å²) in [5.41, 5.74) is 8.65. The summed E-state index contributed by atoms with van der Waals surface area (Å²) in [5, 5.41) is 22.3. The molecule has 0 bridgehead atoms. The van der Waals surface area contributed by atoms with Gasteiger partial charge < -0.3 is 29.2 Å². The van der Waals surface area contributed by atoms with E-state index in [0.717, 1.165) is 72.5 Å². The highest BCUT2D eigenvalue weighted by atomic mass is 16.5. The summed E-state index contributed by atoms with van der Waals surface area (Å²) in [4.78, 5) is 4.73. The predicted molar refractivity (Wildman–Crippen MR) is 173 cm³/mol. The van der Waals surface area contributed by atoms with Crippen LogP contribution < -0.4 is 18.9 Å². The van der Waals surface area contributed by atoms with Crippen LogP contribution in [-0.4, -0.2) is 68.5 Å². The van der Waals surface area contributed by atoms with Gasteiger partial charge in [0.25, 0.3) is 0 Å². The van der Waals surface area contributed by atoms with Gasteiger partial charge in [0.1, 0.15) is 5.75 Å². The van der Waals surface area contributed by atoms with Crippen LogP contribution in [0.3, 0.4) is 0 Å². The van der Waals surface area contributed by atoms with Crippen LogP contribution in [0.15, 0.2) is 54.6 Å². The van der Waals surface area contributed by atoms with E-state index in [9.17, 15) is 10.2 Å². The molecule has 0 saturated heterocycles. The Balaban J connectivity index is 1.15. The van der Waals surface area contributed by atoms with Crippen molar-refractivity contribution in [2.24, 2.45) is 0 Å². The van der Waals surface area contributed by atoms with Crippen molar-refractivity contribution in [3.8, 4) is 51.4 Å². The number of likely N-dealkylation sites (N-methyl/N-ethyl adjacent to an activating group) is 2. The van der Waals surface area contributed by atoms with Gasteiger partial charge in [0.2, 0.25) is 0 Å². The summed E-state index contributed by atoms with van der Waals surface area (Å²) in [6, 6.07) is 18.3. The van der Waals surface area contributed by atoms with E-state index in [1.54, 1.807) is 27.4 Å². The number of ether oxygens (including phenoxy) is 4. The maximum Gasteiger partial charge on any atom is 0.169 e. The molecule has 8 nitrogen and oxygen atoms in total. The van der Waals surface area contributed by atoms with Crippen LogP contribution in [0.4, 0.5) is 0 Å². The molecule has 0 saturated carbocycles. The standard InChI is InChI=1S/C37H40N2O6/c1-38-12-10-22-16-32(42-3)33(43-4)20-26(22)28(38)14-21-6-8-25(9-7-21)45-31-18-24-15-29-35-23(11-13-39(29)2)17-34(44-5)37(41)36(35)27(24)19-30(31)40/h6-9,16-20,28-29,40-41H,10-15H2,1-5H3/t28-,29+/m1/s1. The van der Waals surface area contributed by atoms with E-state index in [-0.39, 0.29) is 23.6 Å². The van der Waals surface area contributed by atoms with Gasteiger partial charge >= 0.3 is 0 Å². The minimum atomic E-state index is 0.0289. The van der Waals surface area contributed by atoms with Gasteiger partial charge in [-0.2, -0.15) is 0 Å². The summed E-state index contributed by atoms with van der Waals surface area (Å²) >= 11 is 0. The van der Waals surface area contributed by atoms with Crippen LogP contribution in [0, 0.1) is 0 Å². The van der Waals surface area contributed by atoms with Crippen molar-refractivity contribution in [1.82, 2.24) is 9.80 Å². The third-order valence-electron chi connectivity index (χ3n) is 9.93. The molecule has 8 heteroatoms. The third-order valence-corrected chi connectivity index (χ3v) is 9.93. The highest BCUT2D eigenvalue weighted by molar-refractivity contribution is 5.84.